The molecule has 0 bridgehead atoms. The lowest BCUT2D eigenvalue weighted by atomic mass is 9.78. The fraction of sp³-hybridized carbons (Fsp3) is 0.640. The minimum Gasteiger partial charge on any atom is -0.360 e. The first-order valence-corrected chi connectivity index (χ1v) is 12.1. The number of amides is 1. The van der Waals surface area contributed by atoms with Crippen molar-refractivity contribution in [1.82, 2.24) is 20.6 Å². The maximum Gasteiger partial charge on any atom is 0.416 e. The molecule has 3 rings (SSSR count). The summed E-state index contributed by atoms with van der Waals surface area (Å²) in [5.41, 5.74) is -0.344. The fourth-order valence-corrected chi connectivity index (χ4v) is 4.78. The summed E-state index contributed by atoms with van der Waals surface area (Å²) in [6.07, 6.45) is 3.02. The molecule has 1 aromatic heterocycles. The van der Waals surface area contributed by atoms with Gasteiger partial charge in [0.25, 0.3) is 0 Å². The minimum atomic E-state index is -4.47. The molecular weight excluding hydrogens is 443 g/mol. The monoisotopic (exact) mass is 479 g/mol. The third kappa shape index (κ3) is 7.29. The molecule has 3 N–H and O–H groups in total. The zero-order chi connectivity index (χ0) is 24.9. The first kappa shape index (κ1) is 26.2. The maximum absolute atomic E-state index is 13.1. The summed E-state index contributed by atoms with van der Waals surface area (Å²) < 4.78 is 39.4. The molecule has 0 radical (unpaired) electrons. The third-order valence-corrected chi connectivity index (χ3v) is 6.27. The summed E-state index contributed by atoms with van der Waals surface area (Å²) in [5, 5.41) is 10.0. The molecule has 1 amide bonds. The number of carbonyl (C=O) groups is 1. The Kier molecular flexibility index (Phi) is 8.38. The lowest BCUT2D eigenvalue weighted by Gasteiger charge is -2.40. The number of aromatic nitrogens is 2. The van der Waals surface area contributed by atoms with Crippen LogP contribution in [0.2, 0.25) is 0 Å². The molecule has 6 nitrogen and oxygen atoms in total. The Bertz CT molecular complexity index is 973. The van der Waals surface area contributed by atoms with Crippen molar-refractivity contribution in [2.75, 3.05) is 11.9 Å². The summed E-state index contributed by atoms with van der Waals surface area (Å²) in [6.45, 7) is 8.61. The van der Waals surface area contributed by atoms with E-state index in [4.69, 9.17) is 0 Å². The predicted molar refractivity (Wildman–Crippen MR) is 129 cm³/mol. The normalized spacial score (nSPS) is 21.4. The average Bonchev–Trinajstić information content (AvgIpc) is 2.75. The van der Waals surface area contributed by atoms with Gasteiger partial charge in [-0.3, -0.25) is 4.79 Å². The number of alkyl halides is 3. The van der Waals surface area contributed by atoms with Crippen LogP contribution in [-0.4, -0.2) is 40.0 Å². The van der Waals surface area contributed by atoms with Crippen molar-refractivity contribution in [2.45, 2.75) is 90.0 Å². The largest absolute Gasteiger partial charge is 0.416 e. The van der Waals surface area contributed by atoms with Crippen molar-refractivity contribution in [3.05, 3.63) is 30.1 Å². The van der Waals surface area contributed by atoms with Gasteiger partial charge in [0.2, 0.25) is 5.91 Å². The molecule has 188 valence electrons. The lowest BCUT2D eigenvalue weighted by molar-refractivity contribution is -0.137. The summed E-state index contributed by atoms with van der Waals surface area (Å²) in [5.74, 6) is 0.422. The zero-order valence-corrected chi connectivity index (χ0v) is 20.4. The number of carbonyl (C=O) groups excluding carboxylic acids is 1. The van der Waals surface area contributed by atoms with Gasteiger partial charge in [0.15, 0.2) is 0 Å². The van der Waals surface area contributed by atoms with E-state index in [0.717, 1.165) is 50.7 Å². The number of halogens is 3. The number of hydrogen-bond donors (Lipinski definition) is 3. The summed E-state index contributed by atoms with van der Waals surface area (Å²) in [4.78, 5) is 20.9. The molecule has 2 aromatic rings. The van der Waals surface area contributed by atoms with Gasteiger partial charge in [0, 0.05) is 23.0 Å². The van der Waals surface area contributed by atoms with E-state index in [1.165, 1.54) is 12.4 Å². The van der Waals surface area contributed by atoms with E-state index in [-0.39, 0.29) is 35.2 Å². The van der Waals surface area contributed by atoms with Crippen LogP contribution in [0, 0.1) is 5.92 Å². The highest BCUT2D eigenvalue weighted by Gasteiger charge is 2.33. The Balaban J connectivity index is 1.64. The molecule has 1 heterocycles. The number of unbranched alkanes of at least 4 members (excludes halogenated alkanes) is 1. The van der Waals surface area contributed by atoms with E-state index in [9.17, 15) is 18.0 Å². The average molecular weight is 480 g/mol. The molecule has 0 aliphatic heterocycles. The van der Waals surface area contributed by atoms with Crippen LogP contribution in [0.4, 0.5) is 19.0 Å². The second-order valence-corrected chi connectivity index (χ2v) is 10.3. The highest BCUT2D eigenvalue weighted by Crippen LogP contribution is 2.33. The number of rotatable bonds is 8. The molecule has 1 aliphatic carbocycles. The molecule has 0 unspecified atom stereocenters. The quantitative estimate of drug-likeness (QED) is 0.479. The number of anilines is 1. The summed E-state index contributed by atoms with van der Waals surface area (Å²) >= 11 is 0. The third-order valence-electron chi connectivity index (χ3n) is 6.27. The summed E-state index contributed by atoms with van der Waals surface area (Å²) in [7, 11) is 0. The molecule has 0 saturated heterocycles. The van der Waals surface area contributed by atoms with Crippen molar-refractivity contribution >= 4 is 22.6 Å². The van der Waals surface area contributed by atoms with Crippen molar-refractivity contribution < 1.29 is 18.0 Å². The summed E-state index contributed by atoms with van der Waals surface area (Å²) in [6, 6.07) is 3.85. The van der Waals surface area contributed by atoms with E-state index in [1.807, 2.05) is 0 Å². The van der Waals surface area contributed by atoms with Gasteiger partial charge in [0.05, 0.1) is 17.6 Å². The molecule has 1 saturated carbocycles. The van der Waals surface area contributed by atoms with E-state index in [2.05, 4.69) is 53.6 Å². The van der Waals surface area contributed by atoms with Crippen LogP contribution in [-0.2, 0) is 11.0 Å². The van der Waals surface area contributed by atoms with Crippen LogP contribution in [0.25, 0.3) is 10.9 Å². The second kappa shape index (κ2) is 10.9. The molecule has 0 spiro atoms. The van der Waals surface area contributed by atoms with Gasteiger partial charge in [-0.05, 0) is 70.6 Å². The highest BCUT2D eigenvalue weighted by atomic mass is 19.4. The van der Waals surface area contributed by atoms with Gasteiger partial charge in [-0.1, -0.05) is 19.8 Å². The Morgan fingerprint density at radius 1 is 1.15 bits per heavy atom. The Morgan fingerprint density at radius 3 is 2.59 bits per heavy atom. The molecule has 9 heteroatoms. The molecule has 34 heavy (non-hydrogen) atoms. The number of nitrogens with zero attached hydrogens (tertiary/aromatic N) is 2. The van der Waals surface area contributed by atoms with Crippen LogP contribution in [0.1, 0.15) is 71.8 Å². The lowest BCUT2D eigenvalue weighted by Crippen LogP contribution is -2.52. The van der Waals surface area contributed by atoms with Crippen LogP contribution in [0.5, 0.6) is 0 Å². The number of fused-ring (bicyclic) bond motifs is 1. The second-order valence-electron chi connectivity index (χ2n) is 10.3. The fourth-order valence-electron chi connectivity index (χ4n) is 4.78. The Hall–Kier alpha value is -2.42. The predicted octanol–water partition coefficient (Wildman–Crippen LogP) is 5.29. The minimum absolute atomic E-state index is 0.0479. The Morgan fingerprint density at radius 2 is 1.91 bits per heavy atom. The first-order valence-electron chi connectivity index (χ1n) is 12.1. The SMILES string of the molecule is CCCC[C@@H]1C[C@H](NC(C)(C)C)CC[C@@H]1NC(=O)CNc1ncnc2ccc(C(F)(F)F)cc12. The molecule has 1 aromatic carbocycles. The van der Waals surface area contributed by atoms with Gasteiger partial charge in [-0.2, -0.15) is 13.2 Å². The van der Waals surface area contributed by atoms with Gasteiger partial charge < -0.3 is 16.0 Å². The van der Waals surface area contributed by atoms with Crippen molar-refractivity contribution in [2.24, 2.45) is 5.92 Å². The van der Waals surface area contributed by atoms with Crippen LogP contribution in [0.15, 0.2) is 24.5 Å². The van der Waals surface area contributed by atoms with Crippen molar-refractivity contribution in [3.63, 3.8) is 0 Å². The van der Waals surface area contributed by atoms with Crippen molar-refractivity contribution in [3.8, 4) is 0 Å². The number of benzene rings is 1. The van der Waals surface area contributed by atoms with Gasteiger partial charge in [0.1, 0.15) is 12.1 Å². The van der Waals surface area contributed by atoms with E-state index in [0.29, 0.717) is 17.5 Å². The van der Waals surface area contributed by atoms with Crippen LogP contribution in [0.3, 0.4) is 0 Å². The zero-order valence-electron chi connectivity index (χ0n) is 20.4. The number of hydrogen-bond acceptors (Lipinski definition) is 5. The smallest absolute Gasteiger partial charge is 0.360 e. The van der Waals surface area contributed by atoms with Crippen molar-refractivity contribution in [1.29, 1.82) is 0 Å². The molecule has 3 atom stereocenters. The van der Waals surface area contributed by atoms with Gasteiger partial charge >= 0.3 is 6.18 Å². The maximum atomic E-state index is 13.1. The van der Waals surface area contributed by atoms with Gasteiger partial charge in [-0.15, -0.1) is 0 Å². The Labute approximate surface area is 199 Å². The molecule has 1 aliphatic rings. The molecule has 1 fully saturated rings. The van der Waals surface area contributed by atoms with Crippen LogP contribution >= 0.6 is 0 Å². The van der Waals surface area contributed by atoms with E-state index < -0.39 is 11.7 Å². The molecular formula is C25H36F3N5O. The van der Waals surface area contributed by atoms with E-state index >= 15 is 0 Å². The van der Waals surface area contributed by atoms with Gasteiger partial charge in [-0.25, -0.2) is 9.97 Å². The standard InChI is InChI=1S/C25H36F3N5O/c1-5-6-7-16-12-18(33-24(2,3)4)9-11-20(16)32-22(34)14-29-23-19-13-17(25(26,27)28)8-10-21(19)30-15-31-23/h8,10,13,15-16,18,20,33H,5-7,9,11-12,14H2,1-4H3,(H,32,34)(H,29,30,31)/t16-,18-,20+/m1/s1. The van der Waals surface area contributed by atoms with E-state index in [1.54, 1.807) is 0 Å². The number of nitrogens with one attached hydrogen (secondary N) is 3. The topological polar surface area (TPSA) is 78.9 Å². The first-order chi connectivity index (χ1) is 16.0. The highest BCUT2D eigenvalue weighted by molar-refractivity contribution is 5.91. The van der Waals surface area contributed by atoms with Crippen LogP contribution < -0.4 is 16.0 Å².